The fourth-order valence-electron chi connectivity index (χ4n) is 5.45. The van der Waals surface area contributed by atoms with Gasteiger partial charge in [0.15, 0.2) is 5.96 Å². The Morgan fingerprint density at radius 1 is 1.32 bits per heavy atom. The van der Waals surface area contributed by atoms with Crippen molar-refractivity contribution >= 4 is 5.96 Å². The van der Waals surface area contributed by atoms with Crippen LogP contribution in [-0.2, 0) is 14.2 Å². The highest BCUT2D eigenvalue weighted by Crippen LogP contribution is 2.62. The summed E-state index contributed by atoms with van der Waals surface area (Å²) in [5.41, 5.74) is 0.402. The summed E-state index contributed by atoms with van der Waals surface area (Å²) >= 11 is 0. The molecule has 4 rings (SSSR count). The maximum absolute atomic E-state index is 6.04. The number of nitrogens with one attached hydrogen (secondary N) is 1. The van der Waals surface area contributed by atoms with Gasteiger partial charge in [0.1, 0.15) is 0 Å². The first-order valence-corrected chi connectivity index (χ1v) is 9.95. The largest absolute Gasteiger partial charge is 0.382 e. The Labute approximate surface area is 151 Å². The Hall–Kier alpha value is -0.850. The minimum Gasteiger partial charge on any atom is -0.382 e. The lowest BCUT2D eigenvalue weighted by molar-refractivity contribution is -0.171. The van der Waals surface area contributed by atoms with Crippen molar-refractivity contribution in [2.75, 3.05) is 53.7 Å². The highest BCUT2D eigenvalue weighted by atomic mass is 16.5. The van der Waals surface area contributed by atoms with E-state index in [1.807, 2.05) is 7.05 Å². The van der Waals surface area contributed by atoms with Gasteiger partial charge in [-0.3, -0.25) is 4.99 Å². The van der Waals surface area contributed by atoms with Gasteiger partial charge >= 0.3 is 0 Å². The van der Waals surface area contributed by atoms with Crippen molar-refractivity contribution in [3.05, 3.63) is 0 Å². The van der Waals surface area contributed by atoms with Gasteiger partial charge in [-0.05, 0) is 25.7 Å². The number of rotatable bonds is 6. The van der Waals surface area contributed by atoms with Crippen molar-refractivity contribution < 1.29 is 14.2 Å². The molecular formula is C19H33N3O3. The van der Waals surface area contributed by atoms with E-state index in [4.69, 9.17) is 14.2 Å². The molecule has 0 amide bonds. The van der Waals surface area contributed by atoms with Gasteiger partial charge in [0, 0.05) is 57.1 Å². The van der Waals surface area contributed by atoms with Gasteiger partial charge in [0.25, 0.3) is 0 Å². The predicted octanol–water partition coefficient (Wildman–Crippen LogP) is 1.50. The number of methoxy groups -OCH3 is 1. The minimum absolute atomic E-state index is 0.402. The molecule has 2 saturated heterocycles. The third-order valence-electron chi connectivity index (χ3n) is 6.90. The number of ether oxygens (including phenoxy) is 3. The van der Waals surface area contributed by atoms with Crippen molar-refractivity contribution in [2.45, 2.75) is 44.2 Å². The molecule has 4 aliphatic rings. The second-order valence-electron chi connectivity index (χ2n) is 8.17. The van der Waals surface area contributed by atoms with E-state index in [0.29, 0.717) is 42.6 Å². The highest BCUT2D eigenvalue weighted by Gasteiger charge is 2.66. The lowest BCUT2D eigenvalue weighted by atomic mass is 9.46. The summed E-state index contributed by atoms with van der Waals surface area (Å²) in [5, 5.41) is 3.84. The molecule has 1 spiro atoms. The predicted molar refractivity (Wildman–Crippen MR) is 96.8 cm³/mol. The van der Waals surface area contributed by atoms with Gasteiger partial charge < -0.3 is 24.4 Å². The van der Waals surface area contributed by atoms with Crippen molar-refractivity contribution in [1.82, 2.24) is 10.2 Å². The maximum Gasteiger partial charge on any atom is 0.193 e. The zero-order valence-electron chi connectivity index (χ0n) is 15.7. The van der Waals surface area contributed by atoms with E-state index in [9.17, 15) is 0 Å². The molecule has 2 heterocycles. The molecule has 0 radical (unpaired) electrons. The van der Waals surface area contributed by atoms with Crippen LogP contribution in [0, 0.1) is 17.3 Å². The third kappa shape index (κ3) is 3.06. The molecule has 4 atom stereocenters. The summed E-state index contributed by atoms with van der Waals surface area (Å²) in [6.45, 7) is 5.24. The lowest BCUT2D eigenvalue weighted by Gasteiger charge is -2.63. The molecule has 1 N–H and O–H groups in total. The molecule has 0 aromatic heterocycles. The number of fused-ring (bicyclic) bond motifs is 2. The Morgan fingerprint density at radius 3 is 2.92 bits per heavy atom. The van der Waals surface area contributed by atoms with Crippen molar-refractivity contribution in [3.8, 4) is 0 Å². The monoisotopic (exact) mass is 351 g/mol. The summed E-state index contributed by atoms with van der Waals surface area (Å²) in [6, 6.07) is 0.560. The van der Waals surface area contributed by atoms with Gasteiger partial charge in [-0.15, -0.1) is 0 Å². The number of nitrogens with zero attached hydrogens (tertiary/aromatic N) is 2. The van der Waals surface area contributed by atoms with Gasteiger partial charge in [-0.2, -0.15) is 0 Å². The van der Waals surface area contributed by atoms with Crippen molar-refractivity contribution in [3.63, 3.8) is 0 Å². The van der Waals surface area contributed by atoms with Crippen LogP contribution in [0.1, 0.15) is 32.1 Å². The van der Waals surface area contributed by atoms with Crippen LogP contribution >= 0.6 is 0 Å². The highest BCUT2D eigenvalue weighted by molar-refractivity contribution is 5.81. The Bertz CT molecular complexity index is 494. The van der Waals surface area contributed by atoms with E-state index >= 15 is 0 Å². The maximum atomic E-state index is 6.04. The van der Waals surface area contributed by atoms with E-state index < -0.39 is 0 Å². The summed E-state index contributed by atoms with van der Waals surface area (Å²) in [6.07, 6.45) is 6.89. The Morgan fingerprint density at radius 2 is 2.20 bits per heavy atom. The molecule has 0 aromatic rings. The zero-order valence-corrected chi connectivity index (χ0v) is 15.7. The van der Waals surface area contributed by atoms with Crippen LogP contribution in [0.25, 0.3) is 0 Å². The van der Waals surface area contributed by atoms with E-state index in [-0.39, 0.29) is 0 Å². The minimum atomic E-state index is 0.402. The summed E-state index contributed by atoms with van der Waals surface area (Å²) in [4.78, 5) is 7.02. The Kier molecular flexibility index (Phi) is 5.20. The second kappa shape index (κ2) is 7.41. The molecular weight excluding hydrogens is 318 g/mol. The molecule has 25 heavy (non-hydrogen) atoms. The van der Waals surface area contributed by atoms with Gasteiger partial charge in [-0.25, -0.2) is 0 Å². The molecule has 0 bridgehead atoms. The first kappa shape index (κ1) is 17.6. The number of aliphatic imine (C=N–C) groups is 1. The van der Waals surface area contributed by atoms with Crippen LogP contribution in [0.15, 0.2) is 4.99 Å². The molecule has 2 aliphatic heterocycles. The van der Waals surface area contributed by atoms with E-state index in [1.54, 1.807) is 7.11 Å². The molecule has 142 valence electrons. The molecule has 4 unspecified atom stereocenters. The van der Waals surface area contributed by atoms with Crippen LogP contribution in [0.5, 0.6) is 0 Å². The third-order valence-corrected chi connectivity index (χ3v) is 6.90. The normalized spacial score (nSPS) is 36.2. The van der Waals surface area contributed by atoms with E-state index in [2.05, 4.69) is 15.2 Å². The van der Waals surface area contributed by atoms with Crippen LogP contribution in [0.2, 0.25) is 0 Å². The summed E-state index contributed by atoms with van der Waals surface area (Å²) in [7, 11) is 3.63. The first-order valence-electron chi connectivity index (χ1n) is 9.95. The SMILES string of the molecule is CN=C(NC1C2CCOC2C12CCC2)N1CCC(COCCOC)C1. The molecule has 2 aliphatic carbocycles. The van der Waals surface area contributed by atoms with Crippen LogP contribution in [-0.4, -0.2) is 76.7 Å². The molecule has 2 saturated carbocycles. The zero-order chi connectivity index (χ0) is 17.3. The van der Waals surface area contributed by atoms with Crippen molar-refractivity contribution in [1.29, 1.82) is 0 Å². The first-order chi connectivity index (χ1) is 12.3. The number of likely N-dealkylation sites (tertiary alicyclic amines) is 1. The average molecular weight is 351 g/mol. The van der Waals surface area contributed by atoms with E-state index in [1.165, 1.54) is 32.1 Å². The van der Waals surface area contributed by atoms with Gasteiger partial charge in [0.05, 0.1) is 25.9 Å². The van der Waals surface area contributed by atoms with Crippen LogP contribution in [0.3, 0.4) is 0 Å². The number of hydrogen-bond acceptors (Lipinski definition) is 4. The number of guanidine groups is 1. The molecule has 6 heteroatoms. The summed E-state index contributed by atoms with van der Waals surface area (Å²) in [5.74, 6) is 2.37. The molecule has 0 aromatic carbocycles. The quantitative estimate of drug-likeness (QED) is 0.447. The molecule has 6 nitrogen and oxygen atoms in total. The van der Waals surface area contributed by atoms with Gasteiger partial charge in [0.2, 0.25) is 0 Å². The average Bonchev–Trinajstić information content (AvgIpc) is 3.20. The topological polar surface area (TPSA) is 55.3 Å². The Balaban J connectivity index is 1.30. The fourth-order valence-corrected chi connectivity index (χ4v) is 5.45. The lowest BCUT2D eigenvalue weighted by Crippen LogP contribution is -2.72. The van der Waals surface area contributed by atoms with Gasteiger partial charge in [-0.1, -0.05) is 6.42 Å². The summed E-state index contributed by atoms with van der Waals surface area (Å²) < 4.78 is 16.8. The second-order valence-corrected chi connectivity index (χ2v) is 8.17. The van der Waals surface area contributed by atoms with E-state index in [0.717, 1.165) is 32.3 Å². The van der Waals surface area contributed by atoms with Crippen molar-refractivity contribution in [2.24, 2.45) is 22.2 Å². The van der Waals surface area contributed by atoms with Crippen LogP contribution in [0.4, 0.5) is 0 Å². The molecule has 4 fully saturated rings. The standard InChI is InChI=1S/C19H33N3O3/c1-20-18(22-8-4-14(12-22)13-24-11-10-23-2)21-16-15-5-9-25-17(15)19(16)6-3-7-19/h14-17H,3-13H2,1-2H3,(H,20,21). The number of hydrogen-bond donors (Lipinski definition) is 1. The fraction of sp³-hybridized carbons (Fsp3) is 0.947. The smallest absolute Gasteiger partial charge is 0.193 e. The van der Waals surface area contributed by atoms with Crippen LogP contribution < -0.4 is 5.32 Å².